The van der Waals surface area contributed by atoms with Crippen LogP contribution in [0, 0.1) is 0 Å². The predicted molar refractivity (Wildman–Crippen MR) is 113 cm³/mol. The molecular formula is C20H22N2O5S2. The van der Waals surface area contributed by atoms with E-state index in [1.54, 1.807) is 30.3 Å². The Kier molecular flexibility index (Phi) is 6.49. The third-order valence-electron chi connectivity index (χ3n) is 4.45. The van der Waals surface area contributed by atoms with Crippen molar-refractivity contribution in [3.05, 3.63) is 42.5 Å². The van der Waals surface area contributed by atoms with E-state index in [4.69, 9.17) is 4.74 Å². The van der Waals surface area contributed by atoms with E-state index in [-0.39, 0.29) is 28.2 Å². The van der Waals surface area contributed by atoms with Gasteiger partial charge in [0, 0.05) is 23.1 Å². The summed E-state index contributed by atoms with van der Waals surface area (Å²) in [6.45, 7) is 1.93. The van der Waals surface area contributed by atoms with Crippen molar-refractivity contribution in [1.82, 2.24) is 0 Å². The number of carbonyl (C=O) groups excluding carboxylic acids is 2. The van der Waals surface area contributed by atoms with Gasteiger partial charge in [-0.05, 0) is 36.8 Å². The van der Waals surface area contributed by atoms with Crippen LogP contribution in [0.25, 0.3) is 0 Å². The number of hydrogen-bond donors (Lipinski definition) is 2. The number of rotatable bonds is 7. The summed E-state index contributed by atoms with van der Waals surface area (Å²) in [5.74, 6) is -0.276. The van der Waals surface area contributed by atoms with Gasteiger partial charge in [-0.2, -0.15) is 0 Å². The number of methoxy groups -OCH3 is 1. The number of nitrogens with one attached hydrogen (secondary N) is 2. The van der Waals surface area contributed by atoms with Gasteiger partial charge in [0.25, 0.3) is 0 Å². The highest BCUT2D eigenvalue weighted by Gasteiger charge is 2.27. The van der Waals surface area contributed by atoms with Gasteiger partial charge in [0.15, 0.2) is 9.84 Å². The summed E-state index contributed by atoms with van der Waals surface area (Å²) < 4.78 is 30.4. The number of thioether (sulfide) groups is 1. The molecule has 0 aliphatic carbocycles. The molecule has 1 atom stereocenters. The van der Waals surface area contributed by atoms with E-state index in [1.807, 2.05) is 6.92 Å². The van der Waals surface area contributed by atoms with Crippen molar-refractivity contribution >= 4 is 44.8 Å². The fourth-order valence-corrected chi connectivity index (χ4v) is 5.15. The summed E-state index contributed by atoms with van der Waals surface area (Å²) in [6, 6.07) is 11.5. The van der Waals surface area contributed by atoms with E-state index in [9.17, 15) is 18.0 Å². The molecule has 0 spiro atoms. The Bertz CT molecular complexity index is 1040. The highest BCUT2D eigenvalue weighted by molar-refractivity contribution is 8.01. The molecule has 9 heteroatoms. The van der Waals surface area contributed by atoms with Crippen LogP contribution in [0.15, 0.2) is 52.3 Å². The fraction of sp³-hybridized carbons (Fsp3) is 0.300. The first-order valence-electron chi connectivity index (χ1n) is 9.10. The summed E-state index contributed by atoms with van der Waals surface area (Å²) in [5.41, 5.74) is 1.03. The van der Waals surface area contributed by atoms with Crippen molar-refractivity contribution in [2.45, 2.75) is 34.8 Å². The molecule has 2 aromatic carbocycles. The molecule has 0 bridgehead atoms. The molecule has 2 N–H and O–H groups in total. The Labute approximate surface area is 174 Å². The lowest BCUT2D eigenvalue weighted by molar-refractivity contribution is -0.116. The molecule has 0 fully saturated rings. The van der Waals surface area contributed by atoms with Crippen LogP contribution in [0.1, 0.15) is 19.8 Å². The van der Waals surface area contributed by atoms with Crippen molar-refractivity contribution in [1.29, 1.82) is 0 Å². The van der Waals surface area contributed by atoms with Crippen molar-refractivity contribution in [2.24, 2.45) is 0 Å². The second-order valence-electron chi connectivity index (χ2n) is 6.51. The van der Waals surface area contributed by atoms with Gasteiger partial charge in [0.05, 0.1) is 28.7 Å². The normalized spacial score (nSPS) is 15.9. The molecule has 7 nitrogen and oxygen atoms in total. The van der Waals surface area contributed by atoms with Crippen LogP contribution in [0.5, 0.6) is 5.75 Å². The molecule has 2 aromatic rings. The molecule has 1 aliphatic rings. The first kappa shape index (κ1) is 21.2. The Hall–Kier alpha value is -2.52. The van der Waals surface area contributed by atoms with Gasteiger partial charge >= 0.3 is 0 Å². The fourth-order valence-electron chi connectivity index (χ4n) is 2.86. The molecular weight excluding hydrogens is 412 g/mol. The average Bonchev–Trinajstić information content (AvgIpc) is 2.71. The van der Waals surface area contributed by atoms with Crippen molar-refractivity contribution in [3.8, 4) is 5.75 Å². The number of benzene rings is 2. The molecule has 3 rings (SSSR count). The van der Waals surface area contributed by atoms with E-state index in [1.165, 1.54) is 31.0 Å². The molecule has 154 valence electrons. The second kappa shape index (κ2) is 8.87. The number of anilines is 2. The molecule has 1 heterocycles. The van der Waals surface area contributed by atoms with E-state index in [0.717, 1.165) is 4.90 Å². The third kappa shape index (κ3) is 5.10. The Balaban J connectivity index is 1.66. The number of amides is 2. The minimum absolute atomic E-state index is 0.0845. The lowest BCUT2D eigenvalue weighted by atomic mass is 10.2. The number of fused-ring (bicyclic) bond motifs is 1. The average molecular weight is 435 g/mol. The Morgan fingerprint density at radius 1 is 1.24 bits per heavy atom. The highest BCUT2D eigenvalue weighted by atomic mass is 32.2. The number of ether oxygens (including phenoxy) is 1. The Morgan fingerprint density at radius 2 is 2.03 bits per heavy atom. The zero-order valence-electron chi connectivity index (χ0n) is 16.1. The van der Waals surface area contributed by atoms with E-state index in [0.29, 0.717) is 23.5 Å². The highest BCUT2D eigenvalue weighted by Crippen LogP contribution is 2.38. The van der Waals surface area contributed by atoms with Gasteiger partial charge in [0.1, 0.15) is 5.75 Å². The predicted octanol–water partition coefficient (Wildman–Crippen LogP) is 3.32. The first-order valence-corrected chi connectivity index (χ1v) is 11.6. The summed E-state index contributed by atoms with van der Waals surface area (Å²) in [5, 5.41) is 5.25. The van der Waals surface area contributed by atoms with Gasteiger partial charge in [-0.25, -0.2) is 8.42 Å². The monoisotopic (exact) mass is 434 g/mol. The van der Waals surface area contributed by atoms with Gasteiger partial charge in [-0.3, -0.25) is 9.59 Å². The maximum Gasteiger partial charge on any atom is 0.237 e. The third-order valence-corrected chi connectivity index (χ3v) is 7.61. The van der Waals surface area contributed by atoms with Crippen LogP contribution in [0.4, 0.5) is 11.4 Å². The maximum absolute atomic E-state index is 12.7. The van der Waals surface area contributed by atoms with Crippen LogP contribution in [-0.2, 0) is 19.4 Å². The van der Waals surface area contributed by atoms with E-state index < -0.39 is 15.7 Å². The van der Waals surface area contributed by atoms with Gasteiger partial charge in [-0.15, -0.1) is 11.8 Å². The summed E-state index contributed by atoms with van der Waals surface area (Å²) in [4.78, 5) is 25.1. The van der Waals surface area contributed by atoms with Gasteiger partial charge < -0.3 is 15.4 Å². The van der Waals surface area contributed by atoms with E-state index in [2.05, 4.69) is 10.6 Å². The first-order chi connectivity index (χ1) is 13.8. The van der Waals surface area contributed by atoms with Crippen molar-refractivity contribution in [3.63, 3.8) is 0 Å². The van der Waals surface area contributed by atoms with Crippen molar-refractivity contribution in [2.75, 3.05) is 23.5 Å². The summed E-state index contributed by atoms with van der Waals surface area (Å²) >= 11 is 1.43. The smallest absolute Gasteiger partial charge is 0.237 e. The molecule has 1 aliphatic heterocycles. The molecule has 0 radical (unpaired) electrons. The lowest BCUT2D eigenvalue weighted by Gasteiger charge is -2.23. The maximum atomic E-state index is 12.7. The quantitative estimate of drug-likeness (QED) is 0.693. The van der Waals surface area contributed by atoms with Crippen LogP contribution in [-0.4, -0.2) is 38.3 Å². The summed E-state index contributed by atoms with van der Waals surface area (Å²) in [7, 11) is -2.15. The number of hydrogen-bond acceptors (Lipinski definition) is 6. The van der Waals surface area contributed by atoms with E-state index >= 15 is 0 Å². The summed E-state index contributed by atoms with van der Waals surface area (Å²) in [6.07, 6.45) is 0.508. The van der Waals surface area contributed by atoms with Gasteiger partial charge in [-0.1, -0.05) is 13.0 Å². The molecule has 0 saturated heterocycles. The molecule has 1 unspecified atom stereocenters. The van der Waals surface area contributed by atoms with Crippen LogP contribution in [0.3, 0.4) is 0 Å². The molecule has 0 aromatic heterocycles. The molecule has 2 amide bonds. The number of carbonyl (C=O) groups is 2. The Morgan fingerprint density at radius 3 is 2.76 bits per heavy atom. The topological polar surface area (TPSA) is 102 Å². The molecule has 29 heavy (non-hydrogen) atoms. The minimum Gasteiger partial charge on any atom is -0.497 e. The SMILES string of the molecule is CCC1Sc2ccc(S(=O)(=O)CCC(=O)Nc3cccc(OC)c3)cc2NC1=O. The second-order valence-corrected chi connectivity index (χ2v) is 9.86. The zero-order chi connectivity index (χ0) is 21.0. The standard InChI is InChI=1S/C20H22N2O5S2/c1-3-17-20(24)22-16-12-15(7-8-18(16)28-17)29(25,26)10-9-19(23)21-13-5-4-6-14(11-13)27-2/h4-8,11-12,17H,3,9-10H2,1-2H3,(H,21,23)(H,22,24). The number of sulfone groups is 1. The lowest BCUT2D eigenvalue weighted by Crippen LogP contribution is -2.28. The van der Waals surface area contributed by atoms with Crippen LogP contribution < -0.4 is 15.4 Å². The largest absolute Gasteiger partial charge is 0.497 e. The van der Waals surface area contributed by atoms with Gasteiger partial charge in [0.2, 0.25) is 11.8 Å². The van der Waals surface area contributed by atoms with Crippen LogP contribution in [0.2, 0.25) is 0 Å². The van der Waals surface area contributed by atoms with Crippen molar-refractivity contribution < 1.29 is 22.7 Å². The molecule has 0 saturated carbocycles. The van der Waals surface area contributed by atoms with Crippen LogP contribution >= 0.6 is 11.8 Å². The zero-order valence-corrected chi connectivity index (χ0v) is 17.7. The minimum atomic E-state index is -3.68.